The topological polar surface area (TPSA) is 93.1 Å². The van der Waals surface area contributed by atoms with Gasteiger partial charge >= 0.3 is 6.03 Å². The van der Waals surface area contributed by atoms with Crippen LogP contribution < -0.4 is 16.2 Å². The summed E-state index contributed by atoms with van der Waals surface area (Å²) in [6, 6.07) is 4.44. The third-order valence-corrected chi connectivity index (χ3v) is 5.23. The van der Waals surface area contributed by atoms with E-state index in [0.29, 0.717) is 40.1 Å². The highest BCUT2D eigenvalue weighted by molar-refractivity contribution is 7.99. The fourth-order valence-electron chi connectivity index (χ4n) is 2.62. The first-order valence-corrected chi connectivity index (χ1v) is 10.9. The molecule has 9 heteroatoms. The van der Waals surface area contributed by atoms with Crippen molar-refractivity contribution in [1.82, 2.24) is 20.2 Å². The Kier molecular flexibility index (Phi) is 8.52. The number of urea groups is 1. The molecule has 0 fully saturated rings. The Morgan fingerprint density at radius 3 is 2.59 bits per heavy atom. The smallest absolute Gasteiger partial charge is 0.321 e. The SMILES string of the molecule is CC(C)CCNC(=O)NC(=O)CSc1nc2ccc(Cl)cc2c(=O)n1CC(C)C. The fourth-order valence-corrected chi connectivity index (χ4v) is 3.60. The highest BCUT2D eigenvalue weighted by atomic mass is 35.5. The first-order valence-electron chi connectivity index (χ1n) is 9.58. The Balaban J connectivity index is 2.12. The van der Waals surface area contributed by atoms with Gasteiger partial charge in [0.2, 0.25) is 5.91 Å². The van der Waals surface area contributed by atoms with Crippen LogP contribution in [0.15, 0.2) is 28.2 Å². The summed E-state index contributed by atoms with van der Waals surface area (Å²) in [7, 11) is 0. The number of imide groups is 1. The Morgan fingerprint density at radius 1 is 1.21 bits per heavy atom. The van der Waals surface area contributed by atoms with E-state index in [-0.39, 0.29) is 17.2 Å². The molecule has 0 unspecified atom stereocenters. The minimum atomic E-state index is -0.517. The largest absolute Gasteiger partial charge is 0.338 e. The number of halogens is 1. The lowest BCUT2D eigenvalue weighted by Gasteiger charge is -2.15. The summed E-state index contributed by atoms with van der Waals surface area (Å²) < 4.78 is 1.56. The summed E-state index contributed by atoms with van der Waals surface area (Å²) in [6.07, 6.45) is 0.836. The number of amides is 3. The van der Waals surface area contributed by atoms with Gasteiger partial charge in [0.15, 0.2) is 5.16 Å². The van der Waals surface area contributed by atoms with Crippen LogP contribution in [0.3, 0.4) is 0 Å². The molecular weight excluding hydrogens is 412 g/mol. The number of carbonyl (C=O) groups excluding carboxylic acids is 2. The van der Waals surface area contributed by atoms with Crippen LogP contribution in [-0.2, 0) is 11.3 Å². The Bertz CT molecular complexity index is 943. The third-order valence-electron chi connectivity index (χ3n) is 4.02. The van der Waals surface area contributed by atoms with Gasteiger partial charge in [0.1, 0.15) is 0 Å². The third kappa shape index (κ3) is 7.04. The zero-order chi connectivity index (χ0) is 21.6. The van der Waals surface area contributed by atoms with E-state index in [1.807, 2.05) is 13.8 Å². The van der Waals surface area contributed by atoms with Gasteiger partial charge in [-0.15, -0.1) is 0 Å². The second-order valence-corrected chi connectivity index (χ2v) is 9.02. The highest BCUT2D eigenvalue weighted by Crippen LogP contribution is 2.21. The van der Waals surface area contributed by atoms with E-state index in [4.69, 9.17) is 11.6 Å². The maximum absolute atomic E-state index is 12.9. The van der Waals surface area contributed by atoms with Crippen LogP contribution in [0.25, 0.3) is 10.9 Å². The Hall–Kier alpha value is -2.06. The summed E-state index contributed by atoms with van der Waals surface area (Å²) in [6.45, 7) is 9.08. The molecule has 1 heterocycles. The molecule has 2 N–H and O–H groups in total. The number of hydrogen-bond acceptors (Lipinski definition) is 5. The van der Waals surface area contributed by atoms with Crippen molar-refractivity contribution in [2.75, 3.05) is 12.3 Å². The van der Waals surface area contributed by atoms with Gasteiger partial charge in [0, 0.05) is 18.1 Å². The van der Waals surface area contributed by atoms with Crippen molar-refractivity contribution >= 4 is 46.2 Å². The summed E-state index contributed by atoms with van der Waals surface area (Å²) >= 11 is 7.15. The molecule has 7 nitrogen and oxygen atoms in total. The van der Waals surface area contributed by atoms with E-state index in [1.54, 1.807) is 22.8 Å². The number of thioether (sulfide) groups is 1. The van der Waals surface area contributed by atoms with Crippen LogP contribution in [-0.4, -0.2) is 33.8 Å². The van der Waals surface area contributed by atoms with Crippen molar-refractivity contribution < 1.29 is 9.59 Å². The van der Waals surface area contributed by atoms with Crippen LogP contribution in [0.5, 0.6) is 0 Å². The summed E-state index contributed by atoms with van der Waals surface area (Å²) in [5.74, 6) is 0.207. The molecule has 1 aromatic heterocycles. The highest BCUT2D eigenvalue weighted by Gasteiger charge is 2.15. The van der Waals surface area contributed by atoms with Gasteiger partial charge in [-0.05, 0) is 36.5 Å². The molecule has 0 bridgehead atoms. The first-order chi connectivity index (χ1) is 13.7. The molecule has 0 aliphatic rings. The Labute approximate surface area is 179 Å². The van der Waals surface area contributed by atoms with Crippen molar-refractivity contribution in [3.8, 4) is 0 Å². The van der Waals surface area contributed by atoms with Crippen molar-refractivity contribution in [2.45, 2.75) is 45.8 Å². The number of nitrogens with one attached hydrogen (secondary N) is 2. The molecular formula is C20H27ClN4O3S. The Morgan fingerprint density at radius 2 is 1.93 bits per heavy atom. The predicted octanol–water partition coefficient (Wildman–Crippen LogP) is 3.67. The summed E-state index contributed by atoms with van der Waals surface area (Å²) in [5.41, 5.74) is 0.328. The molecule has 0 atom stereocenters. The van der Waals surface area contributed by atoms with E-state index < -0.39 is 11.9 Å². The molecule has 0 saturated carbocycles. The zero-order valence-corrected chi connectivity index (χ0v) is 18.7. The molecule has 0 aliphatic heterocycles. The number of nitrogens with zero attached hydrogens (tertiary/aromatic N) is 2. The molecule has 3 amide bonds. The van der Waals surface area contributed by atoms with E-state index in [2.05, 4.69) is 29.5 Å². The van der Waals surface area contributed by atoms with Gasteiger partial charge in [-0.3, -0.25) is 19.5 Å². The number of fused-ring (bicyclic) bond motifs is 1. The van der Waals surface area contributed by atoms with Crippen molar-refractivity contribution in [1.29, 1.82) is 0 Å². The van der Waals surface area contributed by atoms with Gasteiger partial charge < -0.3 is 5.32 Å². The van der Waals surface area contributed by atoms with Crippen LogP contribution >= 0.6 is 23.4 Å². The van der Waals surface area contributed by atoms with Crippen LogP contribution in [0.2, 0.25) is 5.02 Å². The van der Waals surface area contributed by atoms with E-state index in [1.165, 1.54) is 0 Å². The molecule has 0 radical (unpaired) electrons. The second-order valence-electron chi connectivity index (χ2n) is 7.64. The lowest BCUT2D eigenvalue weighted by atomic mass is 10.1. The maximum Gasteiger partial charge on any atom is 0.321 e. The summed E-state index contributed by atoms with van der Waals surface area (Å²) in [4.78, 5) is 41.4. The van der Waals surface area contributed by atoms with E-state index in [0.717, 1.165) is 18.2 Å². The first kappa shape index (κ1) is 23.2. The maximum atomic E-state index is 12.9. The summed E-state index contributed by atoms with van der Waals surface area (Å²) in [5, 5.41) is 6.30. The van der Waals surface area contributed by atoms with Gasteiger partial charge in [-0.2, -0.15) is 0 Å². The molecule has 0 spiro atoms. The lowest BCUT2D eigenvalue weighted by molar-refractivity contribution is -0.117. The molecule has 158 valence electrons. The molecule has 1 aromatic carbocycles. The van der Waals surface area contributed by atoms with Crippen molar-refractivity contribution in [3.05, 3.63) is 33.6 Å². The molecule has 2 aromatic rings. The lowest BCUT2D eigenvalue weighted by Crippen LogP contribution is -2.41. The number of benzene rings is 1. The van der Waals surface area contributed by atoms with Crippen molar-refractivity contribution in [3.63, 3.8) is 0 Å². The van der Waals surface area contributed by atoms with Gasteiger partial charge in [-0.25, -0.2) is 9.78 Å². The van der Waals surface area contributed by atoms with E-state index in [9.17, 15) is 14.4 Å². The monoisotopic (exact) mass is 438 g/mol. The predicted molar refractivity (Wildman–Crippen MR) is 118 cm³/mol. The quantitative estimate of drug-likeness (QED) is 0.484. The average molecular weight is 439 g/mol. The van der Waals surface area contributed by atoms with Gasteiger partial charge in [0.05, 0.1) is 16.7 Å². The average Bonchev–Trinajstić information content (AvgIpc) is 2.62. The van der Waals surface area contributed by atoms with Gasteiger partial charge in [-0.1, -0.05) is 51.1 Å². The number of carbonyl (C=O) groups is 2. The van der Waals surface area contributed by atoms with Crippen LogP contribution in [0.4, 0.5) is 4.79 Å². The fraction of sp³-hybridized carbons (Fsp3) is 0.500. The second kappa shape index (κ2) is 10.6. The van der Waals surface area contributed by atoms with Crippen LogP contribution in [0.1, 0.15) is 34.1 Å². The molecule has 2 rings (SSSR count). The molecule has 29 heavy (non-hydrogen) atoms. The van der Waals surface area contributed by atoms with Gasteiger partial charge in [0.25, 0.3) is 5.56 Å². The van der Waals surface area contributed by atoms with Crippen LogP contribution in [0, 0.1) is 11.8 Å². The number of rotatable bonds is 8. The van der Waals surface area contributed by atoms with Crippen molar-refractivity contribution in [2.24, 2.45) is 11.8 Å². The minimum absolute atomic E-state index is 0.0266. The minimum Gasteiger partial charge on any atom is -0.338 e. The molecule has 0 aliphatic carbocycles. The zero-order valence-electron chi connectivity index (χ0n) is 17.1. The number of aromatic nitrogens is 2. The number of hydrogen-bond donors (Lipinski definition) is 2. The normalized spacial score (nSPS) is 11.3. The van der Waals surface area contributed by atoms with E-state index >= 15 is 0 Å². The standard InChI is InChI=1S/C20H27ClN4O3S/c1-12(2)7-8-22-19(28)24-17(26)11-29-20-23-16-6-5-14(21)9-15(16)18(27)25(20)10-13(3)4/h5-6,9,12-13H,7-8,10-11H2,1-4H3,(H2,22,24,26,28). The molecule has 0 saturated heterocycles.